The summed E-state index contributed by atoms with van der Waals surface area (Å²) in [7, 11) is -4.22. The molecule has 3 rings (SSSR count). The molecule has 0 saturated carbocycles. The van der Waals surface area contributed by atoms with Crippen molar-refractivity contribution in [2.45, 2.75) is 38.5 Å². The number of amides is 1. The van der Waals surface area contributed by atoms with Gasteiger partial charge in [-0.15, -0.1) is 0 Å². The van der Waals surface area contributed by atoms with Gasteiger partial charge in [0.15, 0.2) is 0 Å². The Morgan fingerprint density at radius 3 is 2.31 bits per heavy atom. The highest BCUT2D eigenvalue weighted by Gasteiger charge is 2.28. The molecule has 7 heteroatoms. The first kappa shape index (κ1) is 23.5. The number of carbonyl (C=O) groups excluding carboxylic acids is 1. The molecule has 0 saturated heterocycles. The van der Waals surface area contributed by atoms with Crippen LogP contribution in [0.4, 0.5) is 15.8 Å². The van der Waals surface area contributed by atoms with E-state index in [9.17, 15) is 17.6 Å². The second-order valence-electron chi connectivity index (χ2n) is 7.88. The second kappa shape index (κ2) is 9.53. The fourth-order valence-electron chi connectivity index (χ4n) is 3.39. The van der Waals surface area contributed by atoms with Gasteiger partial charge in [0.2, 0.25) is 0 Å². The van der Waals surface area contributed by atoms with Crippen LogP contribution in [0.3, 0.4) is 0 Å². The van der Waals surface area contributed by atoms with Crippen LogP contribution >= 0.6 is 0 Å². The minimum atomic E-state index is -4.22. The third kappa shape index (κ3) is 4.99. The number of aryl methyl sites for hydroxylation is 1. The summed E-state index contributed by atoms with van der Waals surface area (Å²) in [5.41, 5.74) is 3.08. The lowest BCUT2D eigenvalue weighted by atomic mass is 10.0. The van der Waals surface area contributed by atoms with Crippen LogP contribution in [0, 0.1) is 12.7 Å². The molecule has 3 aromatic carbocycles. The van der Waals surface area contributed by atoms with Gasteiger partial charge >= 0.3 is 0 Å². The fourth-order valence-corrected chi connectivity index (χ4v) is 4.95. The summed E-state index contributed by atoms with van der Waals surface area (Å²) < 4.78 is 42.3. The highest BCUT2D eigenvalue weighted by Crippen LogP contribution is 2.27. The van der Waals surface area contributed by atoms with Crippen molar-refractivity contribution in [3.63, 3.8) is 0 Å². The van der Waals surface area contributed by atoms with Gasteiger partial charge in [0.05, 0.1) is 5.69 Å². The largest absolute Gasteiger partial charge is 0.322 e. The van der Waals surface area contributed by atoms with E-state index >= 15 is 0 Å². The minimum Gasteiger partial charge on any atom is -0.322 e. The van der Waals surface area contributed by atoms with Gasteiger partial charge in [0.25, 0.3) is 15.9 Å². The zero-order valence-corrected chi connectivity index (χ0v) is 19.4. The van der Waals surface area contributed by atoms with Crippen LogP contribution in [0.15, 0.2) is 71.6 Å². The highest BCUT2D eigenvalue weighted by atomic mass is 32.2. The van der Waals surface area contributed by atoms with Gasteiger partial charge in [-0.3, -0.25) is 9.10 Å². The van der Waals surface area contributed by atoms with E-state index in [1.807, 2.05) is 25.1 Å². The number of anilines is 2. The van der Waals surface area contributed by atoms with Crippen molar-refractivity contribution in [2.24, 2.45) is 0 Å². The molecular formula is C25H27FN2O3S. The summed E-state index contributed by atoms with van der Waals surface area (Å²) in [6.07, 6.45) is 0. The summed E-state index contributed by atoms with van der Waals surface area (Å²) in [5.74, 6) is -1.06. The summed E-state index contributed by atoms with van der Waals surface area (Å²) in [5, 5.41) is 2.74. The number of nitrogens with zero attached hydrogens (tertiary/aromatic N) is 1. The number of nitrogens with one attached hydrogen (secondary N) is 1. The predicted octanol–water partition coefficient (Wildman–Crippen LogP) is 5.73. The summed E-state index contributed by atoms with van der Waals surface area (Å²) in [4.78, 5) is 12.2. The Kier molecular flexibility index (Phi) is 6.99. The standard InChI is InChI=1S/C25H27FN2O3S/c1-5-28(22-8-6-7-18(4)15-22)32(30,31)24-16-20(11-14-23(24)26)25(29)27-21-12-9-19(10-13-21)17(2)3/h6-17H,5H2,1-4H3,(H,27,29). The lowest BCUT2D eigenvalue weighted by molar-refractivity contribution is 0.102. The van der Waals surface area contributed by atoms with E-state index in [2.05, 4.69) is 19.2 Å². The van der Waals surface area contributed by atoms with E-state index in [0.29, 0.717) is 17.3 Å². The maximum absolute atomic E-state index is 14.6. The van der Waals surface area contributed by atoms with E-state index in [0.717, 1.165) is 27.6 Å². The number of carbonyl (C=O) groups is 1. The van der Waals surface area contributed by atoms with Gasteiger partial charge in [0.1, 0.15) is 10.7 Å². The van der Waals surface area contributed by atoms with Crippen molar-refractivity contribution in [1.82, 2.24) is 0 Å². The lowest BCUT2D eigenvalue weighted by Gasteiger charge is -2.23. The van der Waals surface area contributed by atoms with Crippen LogP contribution < -0.4 is 9.62 Å². The normalized spacial score (nSPS) is 11.4. The summed E-state index contributed by atoms with van der Waals surface area (Å²) in [6.45, 7) is 7.79. The zero-order chi connectivity index (χ0) is 23.5. The smallest absolute Gasteiger partial charge is 0.267 e. The van der Waals surface area contributed by atoms with Crippen molar-refractivity contribution < 1.29 is 17.6 Å². The van der Waals surface area contributed by atoms with E-state index < -0.39 is 26.6 Å². The maximum atomic E-state index is 14.6. The fraction of sp³-hybridized carbons (Fsp3) is 0.240. The number of hydrogen-bond acceptors (Lipinski definition) is 3. The summed E-state index contributed by atoms with van der Waals surface area (Å²) in [6, 6.07) is 17.7. The molecule has 0 radical (unpaired) electrons. The molecule has 0 bridgehead atoms. The van der Waals surface area contributed by atoms with Crippen LogP contribution in [-0.2, 0) is 10.0 Å². The molecule has 0 fully saturated rings. The number of halogens is 1. The Labute approximate surface area is 188 Å². The van der Waals surface area contributed by atoms with Gasteiger partial charge in [-0.1, -0.05) is 38.1 Å². The first-order valence-electron chi connectivity index (χ1n) is 10.4. The first-order chi connectivity index (χ1) is 15.1. The van der Waals surface area contributed by atoms with Crippen molar-refractivity contribution in [3.05, 3.63) is 89.2 Å². The van der Waals surface area contributed by atoms with E-state index in [-0.39, 0.29) is 12.1 Å². The third-order valence-corrected chi connectivity index (χ3v) is 7.09. The topological polar surface area (TPSA) is 66.5 Å². The molecule has 0 aliphatic heterocycles. The quantitative estimate of drug-likeness (QED) is 0.496. The molecule has 1 amide bonds. The Balaban J connectivity index is 1.92. The summed E-state index contributed by atoms with van der Waals surface area (Å²) >= 11 is 0. The van der Waals surface area contributed by atoms with Gasteiger partial charge in [-0.25, -0.2) is 12.8 Å². The molecule has 32 heavy (non-hydrogen) atoms. The van der Waals surface area contributed by atoms with E-state index in [1.54, 1.807) is 37.3 Å². The number of sulfonamides is 1. The van der Waals surface area contributed by atoms with Gasteiger partial charge < -0.3 is 5.32 Å². The molecule has 5 nitrogen and oxygen atoms in total. The Hall–Kier alpha value is -3.19. The molecule has 0 heterocycles. The maximum Gasteiger partial charge on any atom is 0.267 e. The molecule has 0 aliphatic carbocycles. The Bertz CT molecular complexity index is 1220. The first-order valence-corrected chi connectivity index (χ1v) is 11.9. The Morgan fingerprint density at radius 2 is 1.72 bits per heavy atom. The van der Waals surface area contributed by atoms with E-state index in [4.69, 9.17) is 0 Å². The van der Waals surface area contributed by atoms with Crippen LogP contribution in [0.5, 0.6) is 0 Å². The number of rotatable bonds is 7. The van der Waals surface area contributed by atoms with E-state index in [1.165, 1.54) is 6.07 Å². The third-order valence-electron chi connectivity index (χ3n) is 5.17. The average molecular weight is 455 g/mol. The van der Waals surface area contributed by atoms with Crippen molar-refractivity contribution >= 4 is 27.3 Å². The highest BCUT2D eigenvalue weighted by molar-refractivity contribution is 7.92. The molecule has 0 unspecified atom stereocenters. The van der Waals surface area contributed by atoms with Crippen molar-refractivity contribution in [1.29, 1.82) is 0 Å². The molecule has 0 aromatic heterocycles. The van der Waals surface area contributed by atoms with Gasteiger partial charge in [0, 0.05) is 17.8 Å². The van der Waals surface area contributed by atoms with Crippen molar-refractivity contribution in [2.75, 3.05) is 16.2 Å². The second-order valence-corrected chi connectivity index (χ2v) is 9.72. The number of hydrogen-bond donors (Lipinski definition) is 1. The van der Waals surface area contributed by atoms with Crippen molar-refractivity contribution in [3.8, 4) is 0 Å². The predicted molar refractivity (Wildman–Crippen MR) is 126 cm³/mol. The zero-order valence-electron chi connectivity index (χ0n) is 18.6. The molecule has 0 spiro atoms. The monoisotopic (exact) mass is 454 g/mol. The molecular weight excluding hydrogens is 427 g/mol. The van der Waals surface area contributed by atoms with Gasteiger partial charge in [-0.05, 0) is 73.4 Å². The molecule has 0 atom stereocenters. The average Bonchev–Trinajstić information content (AvgIpc) is 2.74. The number of benzene rings is 3. The Morgan fingerprint density at radius 1 is 1.03 bits per heavy atom. The molecule has 1 N–H and O–H groups in total. The van der Waals surface area contributed by atoms with Gasteiger partial charge in [-0.2, -0.15) is 0 Å². The van der Waals surface area contributed by atoms with Crippen LogP contribution in [-0.4, -0.2) is 20.9 Å². The lowest BCUT2D eigenvalue weighted by Crippen LogP contribution is -2.31. The SMILES string of the molecule is CCN(c1cccc(C)c1)S(=O)(=O)c1cc(C(=O)Nc2ccc(C(C)C)cc2)ccc1F. The molecule has 3 aromatic rings. The molecule has 168 valence electrons. The van der Waals surface area contributed by atoms with Crippen LogP contribution in [0.2, 0.25) is 0 Å². The van der Waals surface area contributed by atoms with Crippen LogP contribution in [0.1, 0.15) is 48.2 Å². The van der Waals surface area contributed by atoms with Crippen LogP contribution in [0.25, 0.3) is 0 Å². The molecule has 0 aliphatic rings. The minimum absolute atomic E-state index is 0.0539.